The quantitative estimate of drug-likeness (QED) is 0.332. The molecule has 0 unspecified atom stereocenters. The number of hydrogen-bond acceptors (Lipinski definition) is 5. The maximum atomic E-state index is 13.0. The minimum absolute atomic E-state index is 0.304. The highest BCUT2D eigenvalue weighted by Crippen LogP contribution is 2.44. The Kier molecular flexibility index (Phi) is 5.12. The third-order valence-corrected chi connectivity index (χ3v) is 3.59. The number of carbonyl (C=O) groups excluding carboxylic acids is 2. The summed E-state index contributed by atoms with van der Waals surface area (Å²) >= 11 is 5.25. The molecule has 1 aliphatic rings. The Morgan fingerprint density at radius 1 is 0.963 bits per heavy atom. The number of hydrogen-bond donors (Lipinski definition) is 1. The zero-order valence-electron chi connectivity index (χ0n) is 13.5. The van der Waals surface area contributed by atoms with Gasteiger partial charge in [0, 0.05) is 25.7 Å². The number of alkyl halides is 6. The first-order chi connectivity index (χ1) is 12.1. The molecule has 1 aliphatic heterocycles. The highest BCUT2D eigenvalue weighted by Gasteiger charge is 2.42. The van der Waals surface area contributed by atoms with Gasteiger partial charge in [0.1, 0.15) is 0 Å². The smallest absolute Gasteiger partial charge is 0.417 e. The largest absolute Gasteiger partial charge is 0.419 e. The van der Waals surface area contributed by atoms with Crippen molar-refractivity contribution in [2.24, 2.45) is 0 Å². The molecule has 12 heteroatoms. The van der Waals surface area contributed by atoms with Gasteiger partial charge in [0.05, 0.1) is 16.1 Å². The summed E-state index contributed by atoms with van der Waals surface area (Å²) in [7, 11) is 0. The van der Waals surface area contributed by atoms with Gasteiger partial charge in [-0.25, -0.2) is 9.59 Å². The molecule has 0 saturated carbocycles. The SMILES string of the molecule is CC1(C)OC(=O)C(=CNc2cc(C(F)(F)F)c(Cl)c(C(F)(F)F)c2)C(=O)O1. The predicted molar refractivity (Wildman–Crippen MR) is 79.4 cm³/mol. The summed E-state index contributed by atoms with van der Waals surface area (Å²) in [6, 6.07) is 0.607. The van der Waals surface area contributed by atoms with E-state index in [1.807, 2.05) is 5.32 Å². The molecule has 0 atom stereocenters. The highest BCUT2D eigenvalue weighted by molar-refractivity contribution is 6.32. The number of nitrogens with one attached hydrogen (secondary N) is 1. The standard InChI is InChI=1S/C15H10ClF6NO4/c1-13(2)26-11(24)7(12(25)27-13)5-23-6-3-8(14(17,18)19)10(16)9(4-6)15(20,21)22/h3-5,23H,1-2H3. The van der Waals surface area contributed by atoms with E-state index in [1.165, 1.54) is 13.8 Å². The molecule has 1 aromatic carbocycles. The topological polar surface area (TPSA) is 64.6 Å². The summed E-state index contributed by atoms with van der Waals surface area (Å²) in [4.78, 5) is 23.5. The van der Waals surface area contributed by atoms with Crippen LogP contribution >= 0.6 is 11.6 Å². The lowest BCUT2D eigenvalue weighted by Crippen LogP contribution is -2.42. The van der Waals surface area contributed by atoms with E-state index in [9.17, 15) is 35.9 Å². The van der Waals surface area contributed by atoms with Crippen molar-refractivity contribution >= 4 is 29.2 Å². The lowest BCUT2D eigenvalue weighted by Gasteiger charge is -2.29. The van der Waals surface area contributed by atoms with Gasteiger partial charge in [0.25, 0.3) is 5.79 Å². The molecule has 148 valence electrons. The van der Waals surface area contributed by atoms with Gasteiger partial charge in [-0.1, -0.05) is 11.6 Å². The normalized spacial score (nSPS) is 17.3. The van der Waals surface area contributed by atoms with Crippen molar-refractivity contribution in [1.29, 1.82) is 0 Å². The van der Waals surface area contributed by atoms with E-state index >= 15 is 0 Å². The average molecular weight is 418 g/mol. The van der Waals surface area contributed by atoms with Gasteiger partial charge in [0.15, 0.2) is 5.57 Å². The van der Waals surface area contributed by atoms with Gasteiger partial charge in [-0.2, -0.15) is 26.3 Å². The summed E-state index contributed by atoms with van der Waals surface area (Å²) < 4.78 is 87.2. The summed E-state index contributed by atoms with van der Waals surface area (Å²) in [5, 5.41) is 0.511. The second kappa shape index (κ2) is 6.63. The Morgan fingerprint density at radius 3 is 1.74 bits per heavy atom. The van der Waals surface area contributed by atoms with Crippen LogP contribution in [0, 0.1) is 0 Å². The van der Waals surface area contributed by atoms with E-state index in [1.54, 1.807) is 0 Å². The van der Waals surface area contributed by atoms with Crippen LogP contribution in [0.4, 0.5) is 32.0 Å². The van der Waals surface area contributed by atoms with Crippen molar-refractivity contribution in [2.75, 3.05) is 5.32 Å². The van der Waals surface area contributed by atoms with Gasteiger partial charge >= 0.3 is 24.3 Å². The van der Waals surface area contributed by atoms with Crippen molar-refractivity contribution in [3.05, 3.63) is 40.1 Å². The molecule has 0 aromatic heterocycles. The fourth-order valence-electron chi connectivity index (χ4n) is 2.05. The van der Waals surface area contributed by atoms with Gasteiger partial charge in [-0.15, -0.1) is 0 Å². The first-order valence-electron chi connectivity index (χ1n) is 7.03. The molecule has 0 radical (unpaired) electrons. The highest BCUT2D eigenvalue weighted by atomic mass is 35.5. The Morgan fingerprint density at radius 2 is 1.37 bits per heavy atom. The molecule has 1 heterocycles. The van der Waals surface area contributed by atoms with Crippen molar-refractivity contribution in [2.45, 2.75) is 32.0 Å². The van der Waals surface area contributed by atoms with Crippen LogP contribution in [0.1, 0.15) is 25.0 Å². The molecule has 5 nitrogen and oxygen atoms in total. The van der Waals surface area contributed by atoms with Crippen molar-refractivity contribution in [3.63, 3.8) is 0 Å². The summed E-state index contributed by atoms with van der Waals surface area (Å²) in [6.45, 7) is 2.52. The number of halogens is 7. The van der Waals surface area contributed by atoms with Crippen LogP contribution in [0.5, 0.6) is 0 Å². The fraction of sp³-hybridized carbons (Fsp3) is 0.333. The number of ether oxygens (including phenoxy) is 2. The third-order valence-electron chi connectivity index (χ3n) is 3.18. The Bertz CT molecular complexity index is 772. The molecule has 1 N–H and O–H groups in total. The van der Waals surface area contributed by atoms with Crippen molar-refractivity contribution < 1.29 is 45.4 Å². The van der Waals surface area contributed by atoms with E-state index in [2.05, 4.69) is 0 Å². The number of benzene rings is 1. The third kappa shape index (κ3) is 4.65. The van der Waals surface area contributed by atoms with Crippen molar-refractivity contribution in [1.82, 2.24) is 0 Å². The van der Waals surface area contributed by atoms with Crippen LogP contribution < -0.4 is 5.32 Å². The minimum Gasteiger partial charge on any atom is -0.419 e. The van der Waals surface area contributed by atoms with Crippen LogP contribution in [-0.2, 0) is 31.4 Å². The zero-order chi connectivity index (χ0) is 20.8. The number of esters is 2. The molecular formula is C15H10ClF6NO4. The van der Waals surface area contributed by atoms with Crippen LogP contribution in [0.25, 0.3) is 0 Å². The molecule has 0 bridgehead atoms. The monoisotopic (exact) mass is 417 g/mol. The summed E-state index contributed by atoms with van der Waals surface area (Å²) in [5.74, 6) is -3.88. The molecule has 0 amide bonds. The Hall–Kier alpha value is -2.43. The zero-order valence-corrected chi connectivity index (χ0v) is 14.3. The van der Waals surface area contributed by atoms with Crippen molar-refractivity contribution in [3.8, 4) is 0 Å². The van der Waals surface area contributed by atoms with Gasteiger partial charge in [-0.3, -0.25) is 0 Å². The Balaban J connectivity index is 2.45. The molecule has 2 rings (SSSR count). The van der Waals surface area contributed by atoms with Crippen LogP contribution in [-0.4, -0.2) is 17.7 Å². The van der Waals surface area contributed by atoms with Crippen LogP contribution in [0.15, 0.2) is 23.9 Å². The molecule has 27 heavy (non-hydrogen) atoms. The Labute approximate surface area is 152 Å². The van der Waals surface area contributed by atoms with Crippen LogP contribution in [0.3, 0.4) is 0 Å². The van der Waals surface area contributed by atoms with E-state index in [0.29, 0.717) is 18.3 Å². The predicted octanol–water partition coefficient (Wildman–Crippen LogP) is 4.51. The average Bonchev–Trinajstić information content (AvgIpc) is 2.43. The fourth-order valence-corrected chi connectivity index (χ4v) is 2.38. The molecule has 1 aromatic rings. The summed E-state index contributed by atoms with van der Waals surface area (Å²) in [5.41, 5.74) is -4.94. The molecule has 1 saturated heterocycles. The number of rotatable bonds is 2. The second-order valence-electron chi connectivity index (χ2n) is 5.76. The maximum absolute atomic E-state index is 13.0. The molecular weight excluding hydrogens is 408 g/mol. The summed E-state index contributed by atoms with van der Waals surface area (Å²) in [6.07, 6.45) is -9.76. The lowest BCUT2D eigenvalue weighted by atomic mass is 10.1. The van der Waals surface area contributed by atoms with Gasteiger partial charge < -0.3 is 14.8 Å². The van der Waals surface area contributed by atoms with E-state index < -0.39 is 57.5 Å². The van der Waals surface area contributed by atoms with E-state index in [4.69, 9.17) is 21.1 Å². The molecule has 1 fully saturated rings. The number of cyclic esters (lactones) is 2. The van der Waals surface area contributed by atoms with Gasteiger partial charge in [-0.05, 0) is 12.1 Å². The van der Waals surface area contributed by atoms with Gasteiger partial charge in [0.2, 0.25) is 0 Å². The first kappa shape index (κ1) is 20.9. The number of carbonyl (C=O) groups is 2. The second-order valence-corrected chi connectivity index (χ2v) is 6.14. The van der Waals surface area contributed by atoms with Crippen LogP contribution in [0.2, 0.25) is 5.02 Å². The first-order valence-corrected chi connectivity index (χ1v) is 7.41. The van der Waals surface area contributed by atoms with E-state index in [-0.39, 0.29) is 0 Å². The lowest BCUT2D eigenvalue weighted by molar-refractivity contribution is -0.222. The minimum atomic E-state index is -5.17. The van der Waals surface area contributed by atoms with E-state index in [0.717, 1.165) is 0 Å². The number of anilines is 1. The molecule has 0 spiro atoms. The molecule has 0 aliphatic carbocycles. The maximum Gasteiger partial charge on any atom is 0.417 e.